The van der Waals surface area contributed by atoms with E-state index in [9.17, 15) is 4.79 Å². The van der Waals surface area contributed by atoms with Crippen LogP contribution in [0.3, 0.4) is 0 Å². The second kappa shape index (κ2) is 6.15. The summed E-state index contributed by atoms with van der Waals surface area (Å²) in [5, 5.41) is 0. The molecule has 2 rings (SSSR count). The quantitative estimate of drug-likeness (QED) is 0.787. The molecule has 0 spiro atoms. The molecule has 4 heteroatoms. The van der Waals surface area contributed by atoms with Crippen molar-refractivity contribution in [2.24, 2.45) is 5.92 Å². The van der Waals surface area contributed by atoms with Crippen LogP contribution in [-0.2, 0) is 14.3 Å². The van der Waals surface area contributed by atoms with Crippen molar-refractivity contribution in [2.75, 3.05) is 0 Å². The summed E-state index contributed by atoms with van der Waals surface area (Å²) in [4.78, 5) is 15.6. The Kier molecular flexibility index (Phi) is 4.53. The van der Waals surface area contributed by atoms with Gasteiger partial charge in [-0.15, -0.1) is 0 Å². The lowest BCUT2D eigenvalue weighted by molar-refractivity contribution is -0.173. The van der Waals surface area contributed by atoms with Gasteiger partial charge in [-0.2, -0.15) is 0 Å². The number of ether oxygens (including phenoxy) is 2. The third-order valence-electron chi connectivity index (χ3n) is 3.70. The molecule has 1 aliphatic heterocycles. The minimum Gasteiger partial charge on any atom is -0.462 e. The zero-order valence-corrected chi connectivity index (χ0v) is 11.7. The second-order valence-electron chi connectivity index (χ2n) is 5.07. The Labute approximate surface area is 114 Å². The maximum absolute atomic E-state index is 11.2. The first kappa shape index (κ1) is 14.0. The summed E-state index contributed by atoms with van der Waals surface area (Å²) in [5.74, 6) is -0.0118. The zero-order chi connectivity index (χ0) is 13.8. The molecule has 0 bridgehead atoms. The minimum atomic E-state index is -0.228. The first-order valence-electron chi connectivity index (χ1n) is 6.85. The fourth-order valence-electron chi connectivity index (χ4n) is 2.65. The lowest BCUT2D eigenvalue weighted by atomic mass is 9.88. The maximum Gasteiger partial charge on any atom is 0.302 e. The van der Waals surface area contributed by atoms with E-state index in [0.29, 0.717) is 6.42 Å². The molecule has 19 heavy (non-hydrogen) atoms. The summed E-state index contributed by atoms with van der Waals surface area (Å²) >= 11 is 0. The predicted octanol–water partition coefficient (Wildman–Crippen LogP) is 2.89. The van der Waals surface area contributed by atoms with Crippen molar-refractivity contribution in [3.63, 3.8) is 0 Å². The standard InChI is InChI=1S/C15H21NO3/c1-4-13-10(2)14(18-11(3)17)9-15(19-13)12-7-5-6-8-16-12/h5-8,10,13-15H,4,9H2,1-3H3/t10-,13?,14?,15+/m1/s1. The van der Waals surface area contributed by atoms with Crippen LogP contribution in [0.2, 0.25) is 0 Å². The van der Waals surface area contributed by atoms with Gasteiger partial charge >= 0.3 is 5.97 Å². The van der Waals surface area contributed by atoms with E-state index in [2.05, 4.69) is 18.8 Å². The van der Waals surface area contributed by atoms with Crippen LogP contribution < -0.4 is 0 Å². The molecule has 2 unspecified atom stereocenters. The monoisotopic (exact) mass is 263 g/mol. The Balaban J connectivity index is 2.16. The van der Waals surface area contributed by atoms with Crippen molar-refractivity contribution >= 4 is 5.97 Å². The van der Waals surface area contributed by atoms with Crippen LogP contribution in [0.5, 0.6) is 0 Å². The molecule has 0 amide bonds. The van der Waals surface area contributed by atoms with Gasteiger partial charge in [0.1, 0.15) is 12.2 Å². The molecule has 1 aromatic heterocycles. The third kappa shape index (κ3) is 3.32. The molecule has 104 valence electrons. The molecule has 4 nitrogen and oxygen atoms in total. The van der Waals surface area contributed by atoms with Crippen molar-refractivity contribution in [1.82, 2.24) is 4.98 Å². The molecule has 0 saturated carbocycles. The molecule has 0 aromatic carbocycles. The number of hydrogen-bond acceptors (Lipinski definition) is 4. The SMILES string of the molecule is CCC1O[C@H](c2ccccn2)CC(OC(C)=O)[C@@H]1C. The Morgan fingerprint density at radius 2 is 2.32 bits per heavy atom. The minimum absolute atomic E-state index is 0.0910. The van der Waals surface area contributed by atoms with Crippen LogP contribution in [0.4, 0.5) is 0 Å². The first-order chi connectivity index (χ1) is 9.11. The number of aromatic nitrogens is 1. The molecule has 0 aliphatic carbocycles. The zero-order valence-electron chi connectivity index (χ0n) is 11.7. The lowest BCUT2D eigenvalue weighted by Crippen LogP contribution is -2.41. The first-order valence-corrected chi connectivity index (χ1v) is 6.85. The number of carbonyl (C=O) groups excluding carboxylic acids is 1. The Morgan fingerprint density at radius 1 is 1.53 bits per heavy atom. The highest BCUT2D eigenvalue weighted by Crippen LogP contribution is 2.36. The molecule has 2 heterocycles. The van der Waals surface area contributed by atoms with Gasteiger partial charge in [-0.3, -0.25) is 9.78 Å². The highest BCUT2D eigenvalue weighted by atomic mass is 16.6. The number of carbonyl (C=O) groups is 1. The molecule has 0 radical (unpaired) electrons. The lowest BCUT2D eigenvalue weighted by Gasteiger charge is -2.39. The molecular formula is C15H21NO3. The van der Waals surface area contributed by atoms with E-state index in [1.165, 1.54) is 6.92 Å². The summed E-state index contributed by atoms with van der Waals surface area (Å²) in [6, 6.07) is 5.79. The summed E-state index contributed by atoms with van der Waals surface area (Å²) < 4.78 is 11.5. The van der Waals surface area contributed by atoms with Crippen molar-refractivity contribution in [1.29, 1.82) is 0 Å². The van der Waals surface area contributed by atoms with Gasteiger partial charge in [0.25, 0.3) is 0 Å². The van der Waals surface area contributed by atoms with Crippen LogP contribution in [0.1, 0.15) is 45.4 Å². The average Bonchev–Trinajstić information content (AvgIpc) is 2.41. The van der Waals surface area contributed by atoms with Gasteiger partial charge in [-0.1, -0.05) is 19.9 Å². The topological polar surface area (TPSA) is 48.4 Å². The molecule has 0 N–H and O–H groups in total. The van der Waals surface area contributed by atoms with Crippen LogP contribution >= 0.6 is 0 Å². The van der Waals surface area contributed by atoms with Crippen LogP contribution in [0, 0.1) is 5.92 Å². The summed E-state index contributed by atoms with van der Waals surface area (Å²) in [6.45, 7) is 5.63. The Bertz CT molecular complexity index is 421. The summed E-state index contributed by atoms with van der Waals surface area (Å²) in [5.41, 5.74) is 0.907. The van der Waals surface area contributed by atoms with Gasteiger partial charge < -0.3 is 9.47 Å². The Morgan fingerprint density at radius 3 is 2.89 bits per heavy atom. The van der Waals surface area contributed by atoms with E-state index in [-0.39, 0.29) is 30.2 Å². The number of pyridine rings is 1. The number of hydrogen-bond donors (Lipinski definition) is 0. The highest BCUT2D eigenvalue weighted by Gasteiger charge is 2.37. The van der Waals surface area contributed by atoms with Gasteiger partial charge in [0.2, 0.25) is 0 Å². The van der Waals surface area contributed by atoms with Crippen LogP contribution in [0.15, 0.2) is 24.4 Å². The van der Waals surface area contributed by atoms with E-state index in [1.54, 1.807) is 6.20 Å². The molecule has 1 fully saturated rings. The second-order valence-corrected chi connectivity index (χ2v) is 5.07. The maximum atomic E-state index is 11.2. The number of esters is 1. The van der Waals surface area contributed by atoms with Crippen molar-refractivity contribution in [2.45, 2.75) is 51.9 Å². The van der Waals surface area contributed by atoms with E-state index >= 15 is 0 Å². The van der Waals surface area contributed by atoms with E-state index in [4.69, 9.17) is 9.47 Å². The summed E-state index contributed by atoms with van der Waals surface area (Å²) in [7, 11) is 0. The van der Waals surface area contributed by atoms with Crippen LogP contribution in [0.25, 0.3) is 0 Å². The highest BCUT2D eigenvalue weighted by molar-refractivity contribution is 5.66. The van der Waals surface area contributed by atoms with Crippen molar-refractivity contribution in [3.8, 4) is 0 Å². The number of nitrogens with zero attached hydrogens (tertiary/aromatic N) is 1. The third-order valence-corrected chi connectivity index (χ3v) is 3.70. The van der Waals surface area contributed by atoms with E-state index < -0.39 is 0 Å². The average molecular weight is 263 g/mol. The number of rotatable bonds is 3. The van der Waals surface area contributed by atoms with Gasteiger partial charge in [0.15, 0.2) is 0 Å². The fraction of sp³-hybridized carbons (Fsp3) is 0.600. The Hall–Kier alpha value is -1.42. The van der Waals surface area contributed by atoms with E-state index in [0.717, 1.165) is 12.1 Å². The van der Waals surface area contributed by atoms with Gasteiger partial charge in [0, 0.05) is 25.5 Å². The molecule has 4 atom stereocenters. The molecule has 1 aliphatic rings. The largest absolute Gasteiger partial charge is 0.462 e. The van der Waals surface area contributed by atoms with Gasteiger partial charge in [0.05, 0.1) is 11.8 Å². The summed E-state index contributed by atoms with van der Waals surface area (Å²) in [6.07, 6.45) is 3.26. The van der Waals surface area contributed by atoms with Crippen LogP contribution in [-0.4, -0.2) is 23.2 Å². The van der Waals surface area contributed by atoms with Crippen molar-refractivity contribution in [3.05, 3.63) is 30.1 Å². The molecule has 1 aromatic rings. The van der Waals surface area contributed by atoms with Gasteiger partial charge in [-0.05, 0) is 18.6 Å². The normalized spacial score (nSPS) is 30.9. The van der Waals surface area contributed by atoms with Crippen molar-refractivity contribution < 1.29 is 14.3 Å². The molecule has 1 saturated heterocycles. The van der Waals surface area contributed by atoms with E-state index in [1.807, 2.05) is 18.2 Å². The fourth-order valence-corrected chi connectivity index (χ4v) is 2.65. The predicted molar refractivity (Wildman–Crippen MR) is 71.5 cm³/mol. The smallest absolute Gasteiger partial charge is 0.302 e. The molecular weight excluding hydrogens is 242 g/mol. The van der Waals surface area contributed by atoms with Gasteiger partial charge in [-0.25, -0.2) is 0 Å².